The number of furan rings is 1. The lowest BCUT2D eigenvalue weighted by molar-refractivity contribution is 0.670. The van der Waals surface area contributed by atoms with Gasteiger partial charge in [-0.1, -0.05) is 170 Å². The fraction of sp³-hybridized carbons (Fsp3) is 0. The summed E-state index contributed by atoms with van der Waals surface area (Å²) in [6, 6.07) is 72.2. The Morgan fingerprint density at radius 1 is 0.296 bits per heavy atom. The molecule has 1 heterocycles. The number of nitrogens with zero attached hydrogens (tertiary/aromatic N) is 1. The molecule has 0 atom stereocenters. The van der Waals surface area contributed by atoms with Gasteiger partial charge in [-0.2, -0.15) is 0 Å². The van der Waals surface area contributed by atoms with E-state index < -0.39 is 0 Å². The number of para-hydroxylation sites is 1. The van der Waals surface area contributed by atoms with Crippen molar-refractivity contribution in [2.45, 2.75) is 0 Å². The summed E-state index contributed by atoms with van der Waals surface area (Å²) in [6.45, 7) is 0. The van der Waals surface area contributed by atoms with E-state index in [9.17, 15) is 0 Å². The standard InChI is InChI=1S/C52H33NO/c1-2-14-34(15-3-1)39-22-11-26-43-40(39)24-12-27-47(43)53(48-28-13-25-41-38-20-7-5-17-36(38)30-31-44(41)48)49-33-32-45(42-23-10-18-35-16-4-6-19-37(35)42)52-51(49)46-21-8-9-29-50(46)54-52/h1-33H. The summed E-state index contributed by atoms with van der Waals surface area (Å²) in [7, 11) is 0. The zero-order valence-electron chi connectivity index (χ0n) is 29.4. The summed E-state index contributed by atoms with van der Waals surface area (Å²) in [5, 5.41) is 11.9. The van der Waals surface area contributed by atoms with Gasteiger partial charge < -0.3 is 9.32 Å². The maximum absolute atomic E-state index is 6.93. The Labute approximate surface area is 312 Å². The van der Waals surface area contributed by atoms with Crippen molar-refractivity contribution in [1.29, 1.82) is 0 Å². The van der Waals surface area contributed by atoms with E-state index in [4.69, 9.17) is 4.42 Å². The van der Waals surface area contributed by atoms with Crippen molar-refractivity contribution in [3.63, 3.8) is 0 Å². The number of anilines is 3. The van der Waals surface area contributed by atoms with Gasteiger partial charge in [0.25, 0.3) is 0 Å². The zero-order valence-corrected chi connectivity index (χ0v) is 29.4. The third kappa shape index (κ3) is 4.67. The fourth-order valence-electron chi connectivity index (χ4n) is 8.64. The molecular weight excluding hydrogens is 655 g/mol. The van der Waals surface area contributed by atoms with Crippen LogP contribution in [0.25, 0.3) is 87.3 Å². The lowest BCUT2D eigenvalue weighted by Crippen LogP contribution is -2.11. The fourth-order valence-corrected chi connectivity index (χ4v) is 8.64. The monoisotopic (exact) mass is 687 g/mol. The van der Waals surface area contributed by atoms with Crippen LogP contribution in [0.3, 0.4) is 0 Å². The highest BCUT2D eigenvalue weighted by Crippen LogP contribution is 2.50. The van der Waals surface area contributed by atoms with Gasteiger partial charge in [0.05, 0.1) is 22.4 Å². The largest absolute Gasteiger partial charge is 0.455 e. The van der Waals surface area contributed by atoms with Crippen molar-refractivity contribution in [1.82, 2.24) is 0 Å². The van der Waals surface area contributed by atoms with Crippen LogP contribution in [0.5, 0.6) is 0 Å². The Hall–Kier alpha value is -7.16. The minimum Gasteiger partial charge on any atom is -0.455 e. The number of hydrogen-bond acceptors (Lipinski definition) is 2. The van der Waals surface area contributed by atoms with Gasteiger partial charge in [0.1, 0.15) is 11.2 Å². The minimum atomic E-state index is 0.870. The van der Waals surface area contributed by atoms with Crippen LogP contribution >= 0.6 is 0 Å². The molecule has 11 aromatic rings. The van der Waals surface area contributed by atoms with Gasteiger partial charge in [0, 0.05) is 21.7 Å². The molecule has 0 spiro atoms. The molecule has 0 amide bonds. The highest BCUT2D eigenvalue weighted by atomic mass is 16.3. The Balaban J connectivity index is 1.27. The highest BCUT2D eigenvalue weighted by molar-refractivity contribution is 6.21. The Kier molecular flexibility index (Phi) is 6.90. The molecular formula is C52H33NO. The van der Waals surface area contributed by atoms with Gasteiger partial charge in [-0.05, 0) is 79.3 Å². The molecule has 0 saturated heterocycles. The molecule has 0 aliphatic rings. The molecule has 0 N–H and O–H groups in total. The Morgan fingerprint density at radius 3 is 1.70 bits per heavy atom. The topological polar surface area (TPSA) is 16.4 Å². The molecule has 0 radical (unpaired) electrons. The third-order valence-corrected chi connectivity index (χ3v) is 11.1. The summed E-state index contributed by atoms with van der Waals surface area (Å²) >= 11 is 0. The Morgan fingerprint density at radius 2 is 0.870 bits per heavy atom. The SMILES string of the molecule is c1ccc(-c2cccc3c(N(c4cccc5c4ccc4ccccc45)c4ccc(-c5cccc6ccccc56)c5oc6ccccc6c45)cccc23)cc1. The van der Waals surface area contributed by atoms with Gasteiger partial charge in [-0.3, -0.25) is 0 Å². The average molecular weight is 688 g/mol. The summed E-state index contributed by atoms with van der Waals surface area (Å²) in [4.78, 5) is 2.48. The number of benzene rings is 10. The van der Waals surface area contributed by atoms with Gasteiger partial charge in [0.2, 0.25) is 0 Å². The molecule has 0 fully saturated rings. The lowest BCUT2D eigenvalue weighted by Gasteiger charge is -2.29. The maximum atomic E-state index is 6.93. The Bertz CT molecular complexity index is 3220. The molecule has 2 nitrogen and oxygen atoms in total. The second kappa shape index (κ2) is 12.2. The molecule has 10 aromatic carbocycles. The molecule has 2 heteroatoms. The van der Waals surface area contributed by atoms with E-state index in [1.807, 2.05) is 0 Å². The van der Waals surface area contributed by atoms with Crippen LogP contribution in [0.15, 0.2) is 205 Å². The van der Waals surface area contributed by atoms with E-state index in [-0.39, 0.29) is 0 Å². The van der Waals surface area contributed by atoms with Crippen molar-refractivity contribution < 1.29 is 4.42 Å². The molecule has 0 aliphatic heterocycles. The molecule has 252 valence electrons. The van der Waals surface area contributed by atoms with Crippen LogP contribution in [0, 0.1) is 0 Å². The molecule has 54 heavy (non-hydrogen) atoms. The first-order valence-electron chi connectivity index (χ1n) is 18.5. The first-order valence-corrected chi connectivity index (χ1v) is 18.5. The summed E-state index contributed by atoms with van der Waals surface area (Å²) in [5.41, 5.74) is 9.68. The molecule has 0 unspecified atom stereocenters. The first-order chi connectivity index (χ1) is 26.8. The van der Waals surface area contributed by atoms with Crippen molar-refractivity contribution in [3.05, 3.63) is 200 Å². The van der Waals surface area contributed by atoms with E-state index in [1.165, 1.54) is 54.2 Å². The van der Waals surface area contributed by atoms with Crippen molar-refractivity contribution in [2.24, 2.45) is 0 Å². The minimum absolute atomic E-state index is 0.870. The maximum Gasteiger partial charge on any atom is 0.145 e. The molecule has 0 saturated carbocycles. The lowest BCUT2D eigenvalue weighted by atomic mass is 9.94. The smallest absolute Gasteiger partial charge is 0.145 e. The number of rotatable bonds is 5. The first kappa shape index (κ1) is 30.5. The van der Waals surface area contributed by atoms with Gasteiger partial charge in [-0.25, -0.2) is 0 Å². The highest BCUT2D eigenvalue weighted by Gasteiger charge is 2.25. The van der Waals surface area contributed by atoms with Crippen molar-refractivity contribution in [2.75, 3.05) is 4.90 Å². The van der Waals surface area contributed by atoms with E-state index >= 15 is 0 Å². The van der Waals surface area contributed by atoms with Crippen molar-refractivity contribution >= 4 is 82.1 Å². The second-order valence-electron chi connectivity index (χ2n) is 14.0. The second-order valence-corrected chi connectivity index (χ2v) is 14.0. The molecule has 0 bridgehead atoms. The van der Waals surface area contributed by atoms with Crippen LogP contribution in [0.4, 0.5) is 17.1 Å². The van der Waals surface area contributed by atoms with Crippen LogP contribution < -0.4 is 4.90 Å². The summed E-state index contributed by atoms with van der Waals surface area (Å²) in [5.74, 6) is 0. The number of hydrogen-bond donors (Lipinski definition) is 0. The van der Waals surface area contributed by atoms with Crippen LogP contribution in [0.1, 0.15) is 0 Å². The van der Waals surface area contributed by atoms with Crippen LogP contribution in [-0.4, -0.2) is 0 Å². The van der Waals surface area contributed by atoms with Gasteiger partial charge in [0.15, 0.2) is 0 Å². The summed E-state index contributed by atoms with van der Waals surface area (Å²) < 4.78 is 6.93. The summed E-state index contributed by atoms with van der Waals surface area (Å²) in [6.07, 6.45) is 0. The van der Waals surface area contributed by atoms with E-state index in [2.05, 4.69) is 205 Å². The third-order valence-electron chi connectivity index (χ3n) is 11.1. The molecule has 0 aliphatic carbocycles. The zero-order chi connectivity index (χ0) is 35.6. The molecule has 1 aromatic heterocycles. The van der Waals surface area contributed by atoms with Crippen LogP contribution in [-0.2, 0) is 0 Å². The molecule has 11 rings (SSSR count). The van der Waals surface area contributed by atoms with E-state index in [0.29, 0.717) is 0 Å². The predicted octanol–water partition coefficient (Wildman–Crippen LogP) is 15.0. The van der Waals surface area contributed by atoms with Crippen molar-refractivity contribution in [3.8, 4) is 22.3 Å². The van der Waals surface area contributed by atoms with Gasteiger partial charge in [-0.15, -0.1) is 0 Å². The van der Waals surface area contributed by atoms with E-state index in [0.717, 1.165) is 50.1 Å². The van der Waals surface area contributed by atoms with Gasteiger partial charge >= 0.3 is 0 Å². The average Bonchev–Trinajstić information content (AvgIpc) is 3.64. The predicted molar refractivity (Wildman–Crippen MR) is 229 cm³/mol. The number of fused-ring (bicyclic) bond motifs is 8. The van der Waals surface area contributed by atoms with Crippen LogP contribution in [0.2, 0.25) is 0 Å². The normalized spacial score (nSPS) is 11.7. The quantitative estimate of drug-likeness (QED) is 0.168. The van der Waals surface area contributed by atoms with E-state index in [1.54, 1.807) is 0 Å².